The zero-order valence-electron chi connectivity index (χ0n) is 22.9. The third-order valence-electron chi connectivity index (χ3n) is 8.87. The van der Waals surface area contributed by atoms with E-state index in [9.17, 15) is 8.42 Å². The smallest absolute Gasteiger partial charge is 0.0972 e. The molecule has 2 unspecified atom stereocenters. The summed E-state index contributed by atoms with van der Waals surface area (Å²) in [6.07, 6.45) is 17.0. The Balaban J connectivity index is 0.000000191. The summed E-state index contributed by atoms with van der Waals surface area (Å²) in [4.78, 5) is 0. The second-order valence-corrected chi connectivity index (χ2v) is 17.4. The fourth-order valence-corrected chi connectivity index (χ4v) is 8.59. The molecule has 3 aliphatic carbocycles. The second kappa shape index (κ2) is 11.7. The molecule has 0 bridgehead atoms. The molecule has 0 aromatic carbocycles. The molecule has 0 aromatic rings. The van der Waals surface area contributed by atoms with E-state index in [1.54, 1.807) is 0 Å². The first-order valence-electron chi connectivity index (χ1n) is 13.9. The summed E-state index contributed by atoms with van der Waals surface area (Å²) < 4.78 is 31.1. The van der Waals surface area contributed by atoms with Gasteiger partial charge >= 0.3 is 0 Å². The SMILES string of the molecule is CC(C)(C)S(=O)N[C@@H]1CCCC12CCCCC2.CC(C)(C)S(=O)N[C@@H]1CCCC12CCNCC2. The van der Waals surface area contributed by atoms with Gasteiger partial charge in [0, 0.05) is 12.1 Å². The van der Waals surface area contributed by atoms with Crippen molar-refractivity contribution < 1.29 is 8.42 Å². The molecule has 4 fully saturated rings. The van der Waals surface area contributed by atoms with E-state index in [1.165, 1.54) is 83.5 Å². The van der Waals surface area contributed by atoms with Crippen LogP contribution in [0.2, 0.25) is 0 Å². The molecule has 200 valence electrons. The molecule has 0 radical (unpaired) electrons. The Morgan fingerprint density at radius 3 is 1.41 bits per heavy atom. The molecule has 2 spiro atoms. The van der Waals surface area contributed by atoms with Crippen molar-refractivity contribution in [3.8, 4) is 0 Å². The summed E-state index contributed by atoms with van der Waals surface area (Å²) in [5.41, 5.74) is 0.908. The lowest BCUT2D eigenvalue weighted by molar-refractivity contribution is 0.163. The molecule has 3 N–H and O–H groups in total. The van der Waals surface area contributed by atoms with Gasteiger partial charge in [-0.1, -0.05) is 32.1 Å². The summed E-state index contributed by atoms with van der Waals surface area (Å²) in [7, 11) is -1.83. The molecular weight excluding hydrogens is 462 g/mol. The van der Waals surface area contributed by atoms with Crippen molar-refractivity contribution >= 4 is 22.0 Å². The molecular formula is C27H53N3O2S2. The largest absolute Gasteiger partial charge is 0.317 e. The zero-order chi connectivity index (χ0) is 25.0. The fourth-order valence-electron chi connectivity index (χ4n) is 6.63. The Hall–Kier alpha value is 0.180. The van der Waals surface area contributed by atoms with E-state index in [4.69, 9.17) is 0 Å². The van der Waals surface area contributed by atoms with Crippen LogP contribution in [0.5, 0.6) is 0 Å². The minimum atomic E-state index is -0.925. The molecule has 1 heterocycles. The highest BCUT2D eigenvalue weighted by molar-refractivity contribution is 7.84. The quantitative estimate of drug-likeness (QED) is 0.463. The number of hydrogen-bond acceptors (Lipinski definition) is 3. The lowest BCUT2D eigenvalue weighted by atomic mass is 9.71. The van der Waals surface area contributed by atoms with Gasteiger partial charge in [0.05, 0.1) is 31.5 Å². The lowest BCUT2D eigenvalue weighted by Gasteiger charge is -2.40. The predicted octanol–water partition coefficient (Wildman–Crippen LogP) is 5.50. The highest BCUT2D eigenvalue weighted by Gasteiger charge is 2.45. The molecule has 0 amide bonds. The van der Waals surface area contributed by atoms with Crippen LogP contribution < -0.4 is 14.8 Å². The van der Waals surface area contributed by atoms with Gasteiger partial charge in [-0.2, -0.15) is 0 Å². The van der Waals surface area contributed by atoms with E-state index in [0.29, 0.717) is 22.9 Å². The highest BCUT2D eigenvalue weighted by Crippen LogP contribution is 2.49. The summed E-state index contributed by atoms with van der Waals surface area (Å²) in [6.45, 7) is 14.5. The van der Waals surface area contributed by atoms with Crippen LogP contribution in [-0.2, 0) is 22.0 Å². The Kier molecular flexibility index (Phi) is 9.90. The van der Waals surface area contributed by atoms with E-state index in [1.807, 2.05) is 20.8 Å². The Morgan fingerprint density at radius 1 is 0.618 bits per heavy atom. The van der Waals surface area contributed by atoms with E-state index < -0.39 is 22.0 Å². The van der Waals surface area contributed by atoms with Gasteiger partial charge in [0.15, 0.2) is 0 Å². The van der Waals surface area contributed by atoms with Gasteiger partial charge in [-0.05, 0) is 117 Å². The molecule has 0 aromatic heterocycles. The van der Waals surface area contributed by atoms with Crippen LogP contribution in [0.25, 0.3) is 0 Å². The van der Waals surface area contributed by atoms with Crippen molar-refractivity contribution in [1.29, 1.82) is 0 Å². The van der Waals surface area contributed by atoms with Crippen molar-refractivity contribution in [2.24, 2.45) is 10.8 Å². The van der Waals surface area contributed by atoms with E-state index in [-0.39, 0.29) is 9.49 Å². The van der Waals surface area contributed by atoms with Crippen LogP contribution in [0.3, 0.4) is 0 Å². The van der Waals surface area contributed by atoms with Crippen LogP contribution in [0.1, 0.15) is 125 Å². The third-order valence-corrected chi connectivity index (χ3v) is 12.1. The normalized spacial score (nSPS) is 30.6. The Morgan fingerprint density at radius 2 is 1.00 bits per heavy atom. The molecule has 1 aliphatic heterocycles. The zero-order valence-corrected chi connectivity index (χ0v) is 24.5. The van der Waals surface area contributed by atoms with Crippen LogP contribution in [0, 0.1) is 10.8 Å². The fraction of sp³-hybridized carbons (Fsp3) is 1.00. The second-order valence-electron chi connectivity index (χ2n) is 13.4. The maximum Gasteiger partial charge on any atom is 0.0972 e. The van der Waals surface area contributed by atoms with E-state index in [0.717, 1.165) is 13.1 Å². The molecule has 4 atom stereocenters. The maximum absolute atomic E-state index is 12.2. The predicted molar refractivity (Wildman–Crippen MR) is 147 cm³/mol. The van der Waals surface area contributed by atoms with E-state index >= 15 is 0 Å². The molecule has 34 heavy (non-hydrogen) atoms. The van der Waals surface area contributed by atoms with Gasteiger partial charge in [-0.25, -0.2) is 17.9 Å². The van der Waals surface area contributed by atoms with Crippen molar-refractivity contribution in [1.82, 2.24) is 14.8 Å². The lowest BCUT2D eigenvalue weighted by Crippen LogP contribution is -2.50. The standard InChI is InChI=1S/C14H27NOS.C13H26N2OS/c1-13(2,3)17(16)15-12-8-7-11-14(12)9-5-4-6-10-14;1-12(2,3)17(16)15-11-5-4-6-13(11)7-9-14-10-8-13/h12,15H,4-11H2,1-3H3;11,14-15H,4-10H2,1-3H3/t12-,17?;11-,17?/m11/s1. The van der Waals surface area contributed by atoms with Gasteiger partial charge in [-0.3, -0.25) is 0 Å². The molecule has 1 saturated heterocycles. The van der Waals surface area contributed by atoms with Crippen LogP contribution >= 0.6 is 0 Å². The first-order valence-corrected chi connectivity index (χ1v) is 16.2. The first-order chi connectivity index (χ1) is 15.9. The maximum atomic E-state index is 12.2. The molecule has 4 aliphatic rings. The summed E-state index contributed by atoms with van der Waals surface area (Å²) >= 11 is 0. The number of rotatable bonds is 4. The van der Waals surface area contributed by atoms with Gasteiger partial charge < -0.3 is 5.32 Å². The molecule has 3 saturated carbocycles. The number of nitrogens with one attached hydrogen (secondary N) is 3. The average Bonchev–Trinajstić information content (AvgIpc) is 3.32. The van der Waals surface area contributed by atoms with Crippen molar-refractivity contribution in [2.75, 3.05) is 13.1 Å². The van der Waals surface area contributed by atoms with Gasteiger partial charge in [0.1, 0.15) is 0 Å². The summed E-state index contributed by atoms with van der Waals surface area (Å²) in [5, 5.41) is 3.44. The van der Waals surface area contributed by atoms with Crippen molar-refractivity contribution in [3.05, 3.63) is 0 Å². The van der Waals surface area contributed by atoms with Crippen molar-refractivity contribution in [2.45, 2.75) is 147 Å². The summed E-state index contributed by atoms with van der Waals surface area (Å²) in [5.74, 6) is 0. The molecule has 4 rings (SSSR count). The van der Waals surface area contributed by atoms with Crippen LogP contribution in [0.4, 0.5) is 0 Å². The van der Waals surface area contributed by atoms with Crippen LogP contribution in [0.15, 0.2) is 0 Å². The number of piperidine rings is 1. The topological polar surface area (TPSA) is 70.2 Å². The summed E-state index contributed by atoms with van der Waals surface area (Å²) in [6, 6.07) is 0.965. The van der Waals surface area contributed by atoms with Crippen LogP contribution in [-0.4, -0.2) is 43.1 Å². The minimum Gasteiger partial charge on any atom is -0.317 e. The minimum absolute atomic E-state index is 0.140. The third kappa shape index (κ3) is 7.14. The van der Waals surface area contributed by atoms with Gasteiger partial charge in [0.25, 0.3) is 0 Å². The van der Waals surface area contributed by atoms with Gasteiger partial charge in [-0.15, -0.1) is 0 Å². The molecule has 5 nitrogen and oxygen atoms in total. The Labute approximate surface area is 215 Å². The van der Waals surface area contributed by atoms with Crippen molar-refractivity contribution in [3.63, 3.8) is 0 Å². The molecule has 7 heteroatoms. The average molecular weight is 516 g/mol. The Bertz CT molecular complexity index is 642. The highest BCUT2D eigenvalue weighted by atomic mass is 32.2. The monoisotopic (exact) mass is 515 g/mol. The first kappa shape index (κ1) is 28.7. The van der Waals surface area contributed by atoms with Gasteiger partial charge in [0.2, 0.25) is 0 Å². The van der Waals surface area contributed by atoms with E-state index in [2.05, 4.69) is 35.5 Å². The number of hydrogen-bond donors (Lipinski definition) is 3.